The van der Waals surface area contributed by atoms with Crippen molar-refractivity contribution in [2.24, 2.45) is 16.1 Å². The van der Waals surface area contributed by atoms with Gasteiger partial charge in [0.2, 0.25) is 0 Å². The minimum Gasteiger partial charge on any atom is -0.387 e. The second kappa shape index (κ2) is 4.81. The van der Waals surface area contributed by atoms with E-state index in [0.717, 1.165) is 52.7 Å². The summed E-state index contributed by atoms with van der Waals surface area (Å²) >= 11 is 3.56. The molecule has 0 saturated carbocycles. The third-order valence-corrected chi connectivity index (χ3v) is 6.73. The zero-order valence-electron chi connectivity index (χ0n) is 13.9. The van der Waals surface area contributed by atoms with Crippen LogP contribution in [0.25, 0.3) is 0 Å². The molecule has 1 aliphatic heterocycles. The normalized spacial score (nSPS) is 30.0. The van der Waals surface area contributed by atoms with Crippen LogP contribution in [0.15, 0.2) is 32.2 Å². The van der Waals surface area contributed by atoms with Gasteiger partial charge in [0.1, 0.15) is 11.6 Å². The maximum atomic E-state index is 13.2. The number of halogens is 1. The molecular formula is C19H18BrN3O2. The molecule has 2 heterocycles. The summed E-state index contributed by atoms with van der Waals surface area (Å²) in [6.07, 6.45) is 3.50. The van der Waals surface area contributed by atoms with Crippen molar-refractivity contribution in [3.8, 4) is 0 Å². The molecule has 2 aromatic rings. The van der Waals surface area contributed by atoms with Crippen LogP contribution in [0.3, 0.4) is 0 Å². The first kappa shape index (κ1) is 15.3. The molecule has 5 nitrogen and oxygen atoms in total. The number of ketones is 1. The lowest BCUT2D eigenvalue weighted by Crippen LogP contribution is -2.48. The summed E-state index contributed by atoms with van der Waals surface area (Å²) in [4.78, 5) is 18.1. The summed E-state index contributed by atoms with van der Waals surface area (Å²) in [6, 6.07) is 6.21. The Labute approximate surface area is 153 Å². The summed E-state index contributed by atoms with van der Waals surface area (Å²) in [6.45, 7) is 1.95. The molecule has 2 N–H and O–H groups in total. The Morgan fingerprint density at radius 1 is 1.32 bits per heavy atom. The molecule has 2 atom stereocenters. The van der Waals surface area contributed by atoms with Crippen molar-refractivity contribution in [3.63, 3.8) is 0 Å². The molecule has 0 radical (unpaired) electrons. The summed E-state index contributed by atoms with van der Waals surface area (Å²) in [5.41, 5.74) is 9.30. The fraction of sp³-hybridized carbons (Fsp3) is 0.421. The molecular weight excluding hydrogens is 382 g/mol. The summed E-state index contributed by atoms with van der Waals surface area (Å²) in [7, 11) is 0. The number of nitrogens with zero attached hydrogens (tertiary/aromatic N) is 2. The van der Waals surface area contributed by atoms with E-state index in [2.05, 4.69) is 33.2 Å². The minimum absolute atomic E-state index is 0.124. The van der Waals surface area contributed by atoms with Gasteiger partial charge >= 0.3 is 0 Å². The van der Waals surface area contributed by atoms with Gasteiger partial charge in [0.15, 0.2) is 11.3 Å². The largest absolute Gasteiger partial charge is 0.387 e. The predicted octanol–water partition coefficient (Wildman–Crippen LogP) is 3.00. The quantitative estimate of drug-likeness (QED) is 0.737. The highest BCUT2D eigenvalue weighted by atomic mass is 79.9. The van der Waals surface area contributed by atoms with Crippen LogP contribution >= 0.6 is 15.9 Å². The van der Waals surface area contributed by atoms with E-state index in [1.165, 1.54) is 5.56 Å². The molecule has 0 bridgehead atoms. The first-order chi connectivity index (χ1) is 11.9. The molecule has 25 heavy (non-hydrogen) atoms. The monoisotopic (exact) mass is 399 g/mol. The highest BCUT2D eigenvalue weighted by molar-refractivity contribution is 9.10. The number of carbonyl (C=O) groups is 1. The lowest BCUT2D eigenvalue weighted by Gasteiger charge is -2.43. The van der Waals surface area contributed by atoms with Gasteiger partial charge in [0, 0.05) is 15.5 Å². The number of aliphatic imine (C=N–C) groups is 1. The van der Waals surface area contributed by atoms with Gasteiger partial charge in [-0.3, -0.25) is 9.79 Å². The Hall–Kier alpha value is -1.95. The van der Waals surface area contributed by atoms with E-state index in [4.69, 9.17) is 15.2 Å². The number of hydrogen-bond acceptors (Lipinski definition) is 5. The van der Waals surface area contributed by atoms with Crippen molar-refractivity contribution in [1.82, 2.24) is 5.16 Å². The van der Waals surface area contributed by atoms with Crippen molar-refractivity contribution in [2.75, 3.05) is 0 Å². The Morgan fingerprint density at radius 2 is 2.16 bits per heavy atom. The number of aromatic nitrogens is 1. The van der Waals surface area contributed by atoms with Crippen LogP contribution in [0.5, 0.6) is 0 Å². The number of hydrogen-bond donors (Lipinski definition) is 1. The number of Topliss-reactive ketones (excluding diaryl/α,β-unsaturated/α-hetero) is 1. The van der Waals surface area contributed by atoms with Gasteiger partial charge in [0.05, 0.1) is 12.1 Å². The van der Waals surface area contributed by atoms with Gasteiger partial charge in [-0.15, -0.1) is 0 Å². The number of amidine groups is 1. The van der Waals surface area contributed by atoms with Crippen molar-refractivity contribution in [2.45, 2.75) is 44.6 Å². The average Bonchev–Trinajstić information content (AvgIpc) is 3.17. The van der Waals surface area contributed by atoms with Gasteiger partial charge in [-0.2, -0.15) is 0 Å². The van der Waals surface area contributed by atoms with E-state index in [1.807, 2.05) is 13.0 Å². The number of nitrogens with two attached hydrogens (primary N) is 1. The third-order valence-electron chi connectivity index (χ3n) is 6.24. The predicted molar refractivity (Wildman–Crippen MR) is 96.5 cm³/mol. The molecule has 1 aromatic heterocycles. The van der Waals surface area contributed by atoms with E-state index in [-0.39, 0.29) is 17.6 Å². The van der Waals surface area contributed by atoms with Crippen LogP contribution in [0, 0.1) is 12.3 Å². The number of benzene rings is 1. The molecule has 6 heteroatoms. The van der Waals surface area contributed by atoms with Gasteiger partial charge < -0.3 is 10.3 Å². The van der Waals surface area contributed by atoms with E-state index in [1.54, 1.807) is 0 Å². The highest BCUT2D eigenvalue weighted by Crippen LogP contribution is 2.61. The topological polar surface area (TPSA) is 81.5 Å². The second-order valence-corrected chi connectivity index (χ2v) is 8.43. The maximum absolute atomic E-state index is 13.2. The van der Waals surface area contributed by atoms with E-state index >= 15 is 0 Å². The van der Waals surface area contributed by atoms with E-state index < -0.39 is 5.54 Å². The SMILES string of the molecule is Cc1onc2c1CC1(CC2)Cc2ccc(Br)cc2C12N=C(N)CC2=O. The van der Waals surface area contributed by atoms with Crippen LogP contribution in [-0.4, -0.2) is 16.8 Å². The summed E-state index contributed by atoms with van der Waals surface area (Å²) in [5, 5.41) is 4.20. The smallest absolute Gasteiger partial charge is 0.173 e. The molecule has 128 valence electrons. The van der Waals surface area contributed by atoms with Crippen LogP contribution in [-0.2, 0) is 29.6 Å². The number of carbonyl (C=O) groups excluding carboxylic acids is 1. The summed E-state index contributed by atoms with van der Waals surface area (Å²) in [5.74, 6) is 1.42. The number of fused-ring (bicyclic) bond motifs is 4. The lowest BCUT2D eigenvalue weighted by atomic mass is 9.60. The van der Waals surface area contributed by atoms with Crippen molar-refractivity contribution in [3.05, 3.63) is 50.8 Å². The van der Waals surface area contributed by atoms with Crippen molar-refractivity contribution >= 4 is 27.5 Å². The lowest BCUT2D eigenvalue weighted by molar-refractivity contribution is -0.127. The molecule has 0 amide bonds. The van der Waals surface area contributed by atoms with Crippen molar-refractivity contribution in [1.29, 1.82) is 0 Å². The van der Waals surface area contributed by atoms with Gasteiger partial charge in [-0.1, -0.05) is 27.2 Å². The van der Waals surface area contributed by atoms with Crippen LogP contribution < -0.4 is 5.73 Å². The minimum atomic E-state index is -0.863. The van der Waals surface area contributed by atoms with Crippen molar-refractivity contribution < 1.29 is 9.32 Å². The standard InChI is InChI=1S/C19H18BrN3O2/c1-10-13-9-18(5-4-15(13)23-25-10)8-11-2-3-12(20)6-14(11)19(18)16(24)7-17(21)22-19/h2-3,6H,4-5,7-9H2,1H3,(H2,21,22). The fourth-order valence-electron chi connectivity index (χ4n) is 5.16. The zero-order valence-corrected chi connectivity index (χ0v) is 15.5. The van der Waals surface area contributed by atoms with Gasteiger partial charge in [0.25, 0.3) is 0 Å². The molecule has 1 aromatic carbocycles. The molecule has 2 aliphatic carbocycles. The molecule has 5 rings (SSSR count). The molecule has 0 fully saturated rings. The molecule has 3 aliphatic rings. The Balaban J connectivity index is 1.76. The second-order valence-electron chi connectivity index (χ2n) is 7.51. The Kier molecular flexibility index (Phi) is 2.95. The van der Waals surface area contributed by atoms with E-state index in [0.29, 0.717) is 5.84 Å². The summed E-state index contributed by atoms with van der Waals surface area (Å²) < 4.78 is 6.38. The highest BCUT2D eigenvalue weighted by Gasteiger charge is 2.64. The number of rotatable bonds is 0. The van der Waals surface area contributed by atoms with E-state index in [9.17, 15) is 4.79 Å². The Morgan fingerprint density at radius 3 is 2.92 bits per heavy atom. The van der Waals surface area contributed by atoms with Gasteiger partial charge in [-0.25, -0.2) is 0 Å². The molecule has 2 spiro atoms. The Bertz CT molecular complexity index is 964. The molecule has 2 unspecified atom stereocenters. The van der Waals surface area contributed by atoms with Gasteiger partial charge in [-0.05, 0) is 55.9 Å². The fourth-order valence-corrected chi connectivity index (χ4v) is 5.52. The molecule has 0 saturated heterocycles. The third kappa shape index (κ3) is 1.81. The zero-order chi connectivity index (χ0) is 17.4. The average molecular weight is 400 g/mol. The number of aryl methyl sites for hydroxylation is 2. The maximum Gasteiger partial charge on any atom is 0.173 e. The first-order valence-electron chi connectivity index (χ1n) is 8.56. The van der Waals surface area contributed by atoms with Crippen LogP contribution in [0.4, 0.5) is 0 Å². The van der Waals surface area contributed by atoms with Crippen LogP contribution in [0.1, 0.15) is 41.0 Å². The first-order valence-corrected chi connectivity index (χ1v) is 9.35. The van der Waals surface area contributed by atoms with Crippen LogP contribution in [0.2, 0.25) is 0 Å².